The Labute approximate surface area is 170 Å². The number of hydrogen-bond donors (Lipinski definition) is 1. The van der Waals surface area contributed by atoms with Gasteiger partial charge in [0.1, 0.15) is 0 Å². The maximum atomic E-state index is 13.1. The number of halogens is 1. The first-order valence-electron chi connectivity index (χ1n) is 9.84. The van der Waals surface area contributed by atoms with E-state index in [4.69, 9.17) is 11.6 Å². The number of fused-ring (bicyclic) bond motifs is 1. The predicted octanol–water partition coefficient (Wildman–Crippen LogP) is 1.66. The third-order valence-corrected chi connectivity index (χ3v) is 6.26. The lowest BCUT2D eigenvalue weighted by molar-refractivity contribution is -0.917. The molecule has 146 valence electrons. The maximum absolute atomic E-state index is 13.1. The van der Waals surface area contributed by atoms with Crippen LogP contribution in [0.25, 0.3) is 0 Å². The number of hydrogen-bond acceptors (Lipinski definition) is 2. The summed E-state index contributed by atoms with van der Waals surface area (Å²) < 4.78 is 0. The van der Waals surface area contributed by atoms with E-state index in [9.17, 15) is 9.59 Å². The number of amides is 2. The van der Waals surface area contributed by atoms with Crippen molar-refractivity contribution in [2.45, 2.75) is 19.4 Å². The van der Waals surface area contributed by atoms with Gasteiger partial charge in [-0.15, -0.1) is 0 Å². The number of benzene rings is 2. The van der Waals surface area contributed by atoms with E-state index in [0.29, 0.717) is 23.7 Å². The number of para-hydroxylation sites is 1. The third-order valence-electron chi connectivity index (χ3n) is 5.93. The van der Waals surface area contributed by atoms with Crippen molar-refractivity contribution in [1.82, 2.24) is 4.90 Å². The SMILES string of the molecule is C[C@@H](C(=O)N1CCc2ccccc21)[NH+]1CCN(C(=O)c2ccccc2Cl)CC1. The fourth-order valence-electron chi connectivity index (χ4n) is 4.21. The first-order chi connectivity index (χ1) is 13.6. The molecule has 0 bridgehead atoms. The highest BCUT2D eigenvalue weighted by Gasteiger charge is 2.36. The molecule has 2 amide bonds. The van der Waals surface area contributed by atoms with Crippen LogP contribution in [0.1, 0.15) is 22.8 Å². The lowest BCUT2D eigenvalue weighted by Crippen LogP contribution is -3.19. The molecule has 6 heteroatoms. The Morgan fingerprint density at radius 2 is 1.68 bits per heavy atom. The normalized spacial score (nSPS) is 18.1. The van der Waals surface area contributed by atoms with Gasteiger partial charge in [0.2, 0.25) is 0 Å². The minimum absolute atomic E-state index is 0.0305. The molecule has 0 radical (unpaired) electrons. The fourth-order valence-corrected chi connectivity index (χ4v) is 4.43. The summed E-state index contributed by atoms with van der Waals surface area (Å²) in [6.07, 6.45) is 0.921. The average Bonchev–Trinajstić information content (AvgIpc) is 3.17. The lowest BCUT2D eigenvalue weighted by atomic mass is 10.1. The van der Waals surface area contributed by atoms with Crippen LogP contribution in [0.2, 0.25) is 5.02 Å². The first-order valence-corrected chi connectivity index (χ1v) is 10.2. The van der Waals surface area contributed by atoms with Crippen LogP contribution in [0.15, 0.2) is 48.5 Å². The van der Waals surface area contributed by atoms with E-state index in [2.05, 4.69) is 6.07 Å². The number of rotatable bonds is 3. The van der Waals surface area contributed by atoms with Crippen molar-refractivity contribution >= 4 is 29.1 Å². The molecular weight excluding hydrogens is 374 g/mol. The Kier molecular flexibility index (Phi) is 5.38. The molecule has 1 atom stereocenters. The summed E-state index contributed by atoms with van der Waals surface area (Å²) in [7, 11) is 0. The number of nitrogens with one attached hydrogen (secondary N) is 1. The highest BCUT2D eigenvalue weighted by molar-refractivity contribution is 6.33. The number of nitrogens with zero attached hydrogens (tertiary/aromatic N) is 2. The number of carbonyl (C=O) groups is 2. The van der Waals surface area contributed by atoms with Gasteiger partial charge in [-0.05, 0) is 37.1 Å². The predicted molar refractivity (Wildman–Crippen MR) is 110 cm³/mol. The molecule has 0 aromatic heterocycles. The topological polar surface area (TPSA) is 45.1 Å². The van der Waals surface area contributed by atoms with Gasteiger partial charge in [0, 0.05) is 12.2 Å². The molecule has 2 aliphatic rings. The van der Waals surface area contributed by atoms with Crippen molar-refractivity contribution in [1.29, 1.82) is 0 Å². The van der Waals surface area contributed by atoms with Gasteiger partial charge in [-0.2, -0.15) is 0 Å². The minimum Gasteiger partial charge on any atom is -0.327 e. The minimum atomic E-state index is -0.122. The van der Waals surface area contributed by atoms with Gasteiger partial charge in [0.05, 0.1) is 36.8 Å². The molecule has 5 nitrogen and oxygen atoms in total. The van der Waals surface area contributed by atoms with Crippen LogP contribution in [-0.2, 0) is 11.2 Å². The van der Waals surface area contributed by atoms with E-state index in [-0.39, 0.29) is 17.9 Å². The number of piperazine rings is 1. The zero-order chi connectivity index (χ0) is 19.7. The molecule has 1 fully saturated rings. The highest BCUT2D eigenvalue weighted by atomic mass is 35.5. The summed E-state index contributed by atoms with van der Waals surface area (Å²) in [6.45, 7) is 5.55. The van der Waals surface area contributed by atoms with Gasteiger partial charge in [-0.3, -0.25) is 9.59 Å². The zero-order valence-electron chi connectivity index (χ0n) is 16.0. The summed E-state index contributed by atoms with van der Waals surface area (Å²) >= 11 is 6.17. The van der Waals surface area contributed by atoms with Crippen molar-refractivity contribution in [3.8, 4) is 0 Å². The number of quaternary nitrogens is 1. The van der Waals surface area contributed by atoms with Crippen LogP contribution in [-0.4, -0.2) is 55.5 Å². The van der Waals surface area contributed by atoms with Gasteiger partial charge in [0.25, 0.3) is 11.8 Å². The largest absolute Gasteiger partial charge is 0.327 e. The van der Waals surface area contributed by atoms with E-state index < -0.39 is 0 Å². The van der Waals surface area contributed by atoms with Crippen molar-refractivity contribution in [3.63, 3.8) is 0 Å². The molecule has 0 aliphatic carbocycles. The van der Waals surface area contributed by atoms with Gasteiger partial charge >= 0.3 is 0 Å². The molecule has 1 N–H and O–H groups in total. The summed E-state index contributed by atoms with van der Waals surface area (Å²) in [4.78, 5) is 30.8. The standard InChI is InChI=1S/C22H24ClN3O2/c1-16(21(27)26-11-10-17-6-2-5-9-20(17)26)24-12-14-25(15-13-24)22(28)18-7-3-4-8-19(18)23/h2-9,16H,10-15H2,1H3/p+1/t16-/m0/s1. The summed E-state index contributed by atoms with van der Waals surface area (Å²) in [5.41, 5.74) is 2.84. The van der Waals surface area contributed by atoms with E-state index >= 15 is 0 Å². The quantitative estimate of drug-likeness (QED) is 0.854. The Morgan fingerprint density at radius 1 is 1.00 bits per heavy atom. The summed E-state index contributed by atoms with van der Waals surface area (Å²) in [5, 5.41) is 0.485. The molecule has 1 saturated heterocycles. The van der Waals surface area contributed by atoms with E-state index in [1.54, 1.807) is 12.1 Å². The first kappa shape index (κ1) is 19.0. The van der Waals surface area contributed by atoms with Crippen LogP contribution in [0.5, 0.6) is 0 Å². The Bertz CT molecular complexity index is 893. The number of carbonyl (C=O) groups excluding carboxylic acids is 2. The molecule has 2 heterocycles. The van der Waals surface area contributed by atoms with Crippen molar-refractivity contribution in [3.05, 3.63) is 64.7 Å². The van der Waals surface area contributed by atoms with Gasteiger partial charge in [-0.25, -0.2) is 0 Å². The van der Waals surface area contributed by atoms with Gasteiger partial charge in [0.15, 0.2) is 6.04 Å². The molecule has 2 aromatic carbocycles. The number of anilines is 1. The average molecular weight is 399 g/mol. The van der Waals surface area contributed by atoms with Crippen LogP contribution < -0.4 is 9.80 Å². The zero-order valence-corrected chi connectivity index (χ0v) is 16.8. The van der Waals surface area contributed by atoms with Crippen molar-refractivity contribution in [2.75, 3.05) is 37.6 Å². The molecule has 28 heavy (non-hydrogen) atoms. The fraction of sp³-hybridized carbons (Fsp3) is 0.364. The molecule has 2 aromatic rings. The molecule has 0 spiro atoms. The Morgan fingerprint density at radius 3 is 2.43 bits per heavy atom. The van der Waals surface area contributed by atoms with Crippen LogP contribution in [0.3, 0.4) is 0 Å². The van der Waals surface area contributed by atoms with Crippen molar-refractivity contribution in [2.24, 2.45) is 0 Å². The lowest BCUT2D eigenvalue weighted by Gasteiger charge is -2.36. The summed E-state index contributed by atoms with van der Waals surface area (Å²) in [6, 6.07) is 15.2. The van der Waals surface area contributed by atoms with Crippen LogP contribution >= 0.6 is 11.6 Å². The smallest absolute Gasteiger partial charge is 0.284 e. The second-order valence-corrected chi connectivity index (χ2v) is 7.93. The Balaban J connectivity index is 1.38. The molecule has 0 unspecified atom stereocenters. The van der Waals surface area contributed by atoms with E-state index in [0.717, 1.165) is 31.7 Å². The Hall–Kier alpha value is -2.37. The molecule has 0 saturated carbocycles. The molecule has 4 rings (SSSR count). The maximum Gasteiger partial charge on any atom is 0.284 e. The third kappa shape index (κ3) is 3.52. The second kappa shape index (κ2) is 7.94. The van der Waals surface area contributed by atoms with Gasteiger partial charge in [-0.1, -0.05) is 41.9 Å². The van der Waals surface area contributed by atoms with Crippen molar-refractivity contribution < 1.29 is 14.5 Å². The monoisotopic (exact) mass is 398 g/mol. The summed E-state index contributed by atoms with van der Waals surface area (Å²) in [5.74, 6) is 0.142. The molecule has 2 aliphatic heterocycles. The van der Waals surface area contributed by atoms with E-state index in [1.165, 1.54) is 10.5 Å². The van der Waals surface area contributed by atoms with Crippen LogP contribution in [0, 0.1) is 0 Å². The van der Waals surface area contributed by atoms with E-state index in [1.807, 2.05) is 47.1 Å². The second-order valence-electron chi connectivity index (χ2n) is 7.52. The highest BCUT2D eigenvalue weighted by Crippen LogP contribution is 2.27. The van der Waals surface area contributed by atoms with Crippen LogP contribution in [0.4, 0.5) is 5.69 Å². The van der Waals surface area contributed by atoms with Gasteiger partial charge < -0.3 is 14.7 Å². The molecular formula is C22H25ClN3O2+.